The molecule has 0 aliphatic carbocycles. The molecule has 0 radical (unpaired) electrons. The molecule has 0 aliphatic heterocycles. The number of ketones is 1. The molecule has 3 heteroatoms. The zero-order valence-electron chi connectivity index (χ0n) is 17.0. The minimum absolute atomic E-state index is 0.0601. The van der Waals surface area contributed by atoms with Gasteiger partial charge < -0.3 is 0 Å². The van der Waals surface area contributed by atoms with Crippen molar-refractivity contribution in [2.24, 2.45) is 0 Å². The van der Waals surface area contributed by atoms with Crippen LogP contribution in [0.15, 0.2) is 116 Å². The van der Waals surface area contributed by atoms with Gasteiger partial charge in [0, 0.05) is 17.2 Å². The summed E-state index contributed by atoms with van der Waals surface area (Å²) in [6.45, 7) is 0.260. The van der Waals surface area contributed by atoms with Crippen LogP contribution in [-0.4, -0.2) is 10.8 Å². The minimum Gasteiger partial charge on any atom is -0.290 e. The van der Waals surface area contributed by atoms with E-state index in [0.717, 1.165) is 22.4 Å². The molecule has 0 saturated heterocycles. The molecule has 3 nitrogen and oxygen atoms in total. The lowest BCUT2D eigenvalue weighted by molar-refractivity contribution is -0.686. The summed E-state index contributed by atoms with van der Waals surface area (Å²) in [5.74, 6) is 0.0601. The molecule has 0 spiro atoms. The highest BCUT2D eigenvalue weighted by Gasteiger charge is 2.12. The summed E-state index contributed by atoms with van der Waals surface area (Å²) in [6.07, 6.45) is 3.63. The van der Waals surface area contributed by atoms with Crippen LogP contribution >= 0.6 is 0 Å². The molecule has 4 aromatic carbocycles. The second-order valence-corrected chi connectivity index (χ2v) is 7.55. The van der Waals surface area contributed by atoms with Crippen molar-refractivity contribution < 1.29 is 9.36 Å². The predicted octanol–water partition coefficient (Wildman–Crippen LogP) is 5.74. The maximum Gasteiger partial charge on any atom is 0.287 e. The Morgan fingerprint density at radius 3 is 2.10 bits per heavy atom. The minimum atomic E-state index is 0.0601. The molecule has 0 atom stereocenters. The smallest absolute Gasteiger partial charge is 0.287 e. The van der Waals surface area contributed by atoms with Crippen molar-refractivity contribution in [1.82, 2.24) is 4.98 Å². The SMILES string of the molecule is O=C(C[n+]1ccc(-c2ccc3ccccc3c2)nc1)c1ccc(-c2ccccc2)cc1. The fraction of sp³-hybridized carbons (Fsp3) is 0.0357. The summed E-state index contributed by atoms with van der Waals surface area (Å²) in [5, 5.41) is 2.40. The van der Waals surface area contributed by atoms with Gasteiger partial charge in [-0.05, 0) is 39.0 Å². The van der Waals surface area contributed by atoms with E-state index in [4.69, 9.17) is 0 Å². The Hall–Kier alpha value is -4.11. The predicted molar refractivity (Wildman–Crippen MR) is 124 cm³/mol. The van der Waals surface area contributed by atoms with Crippen LogP contribution in [0.5, 0.6) is 0 Å². The number of carbonyl (C=O) groups excluding carboxylic acids is 1. The number of aromatic nitrogens is 2. The fourth-order valence-electron chi connectivity index (χ4n) is 3.73. The van der Waals surface area contributed by atoms with E-state index in [-0.39, 0.29) is 12.3 Å². The standard InChI is InChI=1S/C28H21N2O/c31-28(24-13-10-23(11-14-24)21-6-2-1-3-7-21)19-30-17-16-27(29-20-30)26-15-12-22-8-4-5-9-25(22)18-26/h1-18,20H,19H2/q+1. The first-order valence-electron chi connectivity index (χ1n) is 10.3. The summed E-state index contributed by atoms with van der Waals surface area (Å²) in [4.78, 5) is 17.3. The van der Waals surface area contributed by atoms with E-state index in [1.54, 1.807) is 6.33 Å². The summed E-state index contributed by atoms with van der Waals surface area (Å²) < 4.78 is 1.82. The van der Waals surface area contributed by atoms with Gasteiger partial charge in [0.1, 0.15) is 0 Å². The van der Waals surface area contributed by atoms with E-state index in [9.17, 15) is 4.79 Å². The van der Waals surface area contributed by atoms with Gasteiger partial charge in [-0.25, -0.2) is 4.57 Å². The average Bonchev–Trinajstić information content (AvgIpc) is 2.85. The third-order valence-corrected chi connectivity index (χ3v) is 5.45. The molecule has 1 aromatic heterocycles. The molecule has 0 saturated carbocycles. The van der Waals surface area contributed by atoms with Crippen LogP contribution in [0.2, 0.25) is 0 Å². The Bertz CT molecular complexity index is 1340. The van der Waals surface area contributed by atoms with Gasteiger partial charge in [0.15, 0.2) is 12.2 Å². The Morgan fingerprint density at radius 1 is 0.677 bits per heavy atom. The molecule has 0 N–H and O–H groups in total. The molecule has 5 aromatic rings. The monoisotopic (exact) mass is 401 g/mol. The van der Waals surface area contributed by atoms with Crippen molar-refractivity contribution in [3.63, 3.8) is 0 Å². The molecule has 0 fully saturated rings. The lowest BCUT2D eigenvalue weighted by Crippen LogP contribution is -2.37. The van der Waals surface area contributed by atoms with E-state index < -0.39 is 0 Å². The van der Waals surface area contributed by atoms with Gasteiger partial charge in [-0.15, -0.1) is 0 Å². The van der Waals surface area contributed by atoms with Crippen molar-refractivity contribution >= 4 is 16.6 Å². The van der Waals surface area contributed by atoms with E-state index in [1.165, 1.54) is 10.8 Å². The summed E-state index contributed by atoms with van der Waals surface area (Å²) >= 11 is 0. The first-order valence-corrected chi connectivity index (χ1v) is 10.3. The number of Topliss-reactive ketones (excluding diaryl/α,β-unsaturated/α-hetero) is 1. The van der Waals surface area contributed by atoms with E-state index in [0.29, 0.717) is 5.56 Å². The molecular weight excluding hydrogens is 380 g/mol. The van der Waals surface area contributed by atoms with Gasteiger partial charge in [-0.1, -0.05) is 84.9 Å². The maximum atomic E-state index is 12.7. The van der Waals surface area contributed by atoms with Crippen LogP contribution in [0.1, 0.15) is 10.4 Å². The maximum absolute atomic E-state index is 12.7. The number of hydrogen-bond donors (Lipinski definition) is 0. The third kappa shape index (κ3) is 4.12. The quantitative estimate of drug-likeness (QED) is 0.278. The second kappa shape index (κ2) is 8.33. The highest BCUT2D eigenvalue weighted by molar-refractivity contribution is 5.95. The Labute approximate surface area is 181 Å². The topological polar surface area (TPSA) is 33.8 Å². The van der Waals surface area contributed by atoms with Crippen LogP contribution in [0.4, 0.5) is 0 Å². The van der Waals surface area contributed by atoms with Crippen LogP contribution in [-0.2, 0) is 6.54 Å². The molecular formula is C28H21N2O+. The molecule has 148 valence electrons. The third-order valence-electron chi connectivity index (χ3n) is 5.45. The molecule has 0 bridgehead atoms. The van der Waals surface area contributed by atoms with E-state index in [1.807, 2.05) is 71.4 Å². The number of fused-ring (bicyclic) bond motifs is 1. The second-order valence-electron chi connectivity index (χ2n) is 7.55. The molecule has 5 rings (SSSR count). The summed E-state index contributed by atoms with van der Waals surface area (Å²) in [7, 11) is 0. The van der Waals surface area contributed by atoms with Crippen LogP contribution in [0.25, 0.3) is 33.2 Å². The lowest BCUT2D eigenvalue weighted by Gasteiger charge is -2.04. The van der Waals surface area contributed by atoms with Crippen LogP contribution in [0, 0.1) is 0 Å². The Kier molecular flexibility index (Phi) is 5.07. The highest BCUT2D eigenvalue weighted by Crippen LogP contribution is 2.22. The summed E-state index contributed by atoms with van der Waals surface area (Å²) in [5.41, 5.74) is 4.90. The average molecular weight is 401 g/mol. The van der Waals surface area contributed by atoms with Crippen LogP contribution in [0.3, 0.4) is 0 Å². The van der Waals surface area contributed by atoms with Gasteiger partial charge >= 0.3 is 0 Å². The van der Waals surface area contributed by atoms with Crippen molar-refractivity contribution in [3.05, 3.63) is 121 Å². The number of nitrogens with zero attached hydrogens (tertiary/aromatic N) is 2. The van der Waals surface area contributed by atoms with Crippen molar-refractivity contribution in [2.45, 2.75) is 6.54 Å². The Balaban J connectivity index is 1.30. The zero-order chi connectivity index (χ0) is 21.0. The van der Waals surface area contributed by atoms with Gasteiger partial charge in [-0.3, -0.25) is 4.79 Å². The highest BCUT2D eigenvalue weighted by atomic mass is 16.1. The van der Waals surface area contributed by atoms with E-state index in [2.05, 4.69) is 47.4 Å². The van der Waals surface area contributed by atoms with Crippen molar-refractivity contribution in [3.8, 4) is 22.4 Å². The van der Waals surface area contributed by atoms with Gasteiger partial charge in [0.2, 0.25) is 5.78 Å². The molecule has 31 heavy (non-hydrogen) atoms. The summed E-state index contributed by atoms with van der Waals surface area (Å²) in [6, 6.07) is 34.5. The van der Waals surface area contributed by atoms with Gasteiger partial charge in [0.05, 0.1) is 6.20 Å². The molecule has 0 unspecified atom stereocenters. The van der Waals surface area contributed by atoms with Gasteiger partial charge in [-0.2, -0.15) is 0 Å². The fourth-order valence-corrected chi connectivity index (χ4v) is 3.73. The lowest BCUT2D eigenvalue weighted by atomic mass is 10.0. The van der Waals surface area contributed by atoms with Crippen molar-refractivity contribution in [2.75, 3.05) is 0 Å². The number of carbonyl (C=O) groups is 1. The number of benzene rings is 4. The molecule has 0 aliphatic rings. The first kappa shape index (κ1) is 18.9. The van der Waals surface area contributed by atoms with Crippen LogP contribution < -0.4 is 4.57 Å². The van der Waals surface area contributed by atoms with Gasteiger partial charge in [0.25, 0.3) is 6.33 Å². The normalized spacial score (nSPS) is 10.8. The molecule has 0 amide bonds. The zero-order valence-corrected chi connectivity index (χ0v) is 17.0. The molecule has 1 heterocycles. The number of rotatable bonds is 5. The first-order chi connectivity index (χ1) is 15.3. The Morgan fingerprint density at radius 2 is 1.35 bits per heavy atom. The largest absolute Gasteiger partial charge is 0.290 e. The van der Waals surface area contributed by atoms with Crippen molar-refractivity contribution in [1.29, 1.82) is 0 Å². The number of hydrogen-bond acceptors (Lipinski definition) is 2. The van der Waals surface area contributed by atoms with E-state index >= 15 is 0 Å².